The number of aromatic nitrogens is 2. The summed E-state index contributed by atoms with van der Waals surface area (Å²) in [7, 11) is 0. The van der Waals surface area contributed by atoms with E-state index in [1.54, 1.807) is 18.2 Å². The summed E-state index contributed by atoms with van der Waals surface area (Å²) in [5.41, 5.74) is 4.34. The van der Waals surface area contributed by atoms with E-state index in [9.17, 15) is 5.26 Å². The summed E-state index contributed by atoms with van der Waals surface area (Å²) in [6.07, 6.45) is 1.79. The summed E-state index contributed by atoms with van der Waals surface area (Å²) in [5.74, 6) is 0.577. The average Bonchev–Trinajstić information content (AvgIpc) is 2.89. The van der Waals surface area contributed by atoms with Crippen molar-refractivity contribution in [2.75, 3.05) is 0 Å². The van der Waals surface area contributed by atoms with Crippen LogP contribution in [0.15, 0.2) is 42.5 Å². The number of H-pyrrole nitrogens is 1. The monoisotopic (exact) mass is 293 g/mol. The molecule has 3 nitrogen and oxygen atoms in total. The third-order valence-corrected chi connectivity index (χ3v) is 3.45. The summed E-state index contributed by atoms with van der Waals surface area (Å²) in [6.45, 7) is 2.02. The van der Waals surface area contributed by atoms with Crippen LogP contribution in [-0.4, -0.2) is 9.97 Å². The molecular weight excluding hydrogens is 282 g/mol. The van der Waals surface area contributed by atoms with Crippen molar-refractivity contribution in [1.82, 2.24) is 9.97 Å². The van der Waals surface area contributed by atoms with Crippen LogP contribution in [0.2, 0.25) is 5.02 Å². The Labute approximate surface area is 127 Å². The molecular formula is C17H12ClN3. The molecule has 0 saturated carbocycles. The quantitative estimate of drug-likeness (QED) is 0.703. The van der Waals surface area contributed by atoms with Gasteiger partial charge in [0.05, 0.1) is 16.6 Å². The first-order valence-corrected chi connectivity index (χ1v) is 6.87. The molecule has 0 bridgehead atoms. The molecule has 0 saturated heterocycles. The molecule has 0 spiro atoms. The highest BCUT2D eigenvalue weighted by Crippen LogP contribution is 2.20. The van der Waals surface area contributed by atoms with E-state index in [1.165, 1.54) is 0 Å². The number of hydrogen-bond acceptors (Lipinski definition) is 2. The zero-order valence-electron chi connectivity index (χ0n) is 11.4. The lowest BCUT2D eigenvalue weighted by Crippen LogP contribution is -1.84. The molecule has 21 heavy (non-hydrogen) atoms. The average molecular weight is 294 g/mol. The van der Waals surface area contributed by atoms with Gasteiger partial charge in [0.2, 0.25) is 0 Å². The predicted molar refractivity (Wildman–Crippen MR) is 85.8 cm³/mol. The molecule has 0 atom stereocenters. The summed E-state index contributed by atoms with van der Waals surface area (Å²) in [4.78, 5) is 7.66. The van der Waals surface area contributed by atoms with Crippen molar-refractivity contribution in [3.05, 3.63) is 64.4 Å². The van der Waals surface area contributed by atoms with Crippen molar-refractivity contribution in [2.24, 2.45) is 0 Å². The van der Waals surface area contributed by atoms with Gasteiger partial charge < -0.3 is 4.98 Å². The summed E-state index contributed by atoms with van der Waals surface area (Å²) >= 11 is 5.86. The molecule has 0 unspecified atom stereocenters. The highest BCUT2D eigenvalue weighted by molar-refractivity contribution is 6.30. The fraction of sp³-hybridized carbons (Fsp3) is 0.0588. The number of rotatable bonds is 2. The molecule has 0 radical (unpaired) electrons. The second-order valence-electron chi connectivity index (χ2n) is 4.83. The summed E-state index contributed by atoms with van der Waals surface area (Å²) in [6, 6.07) is 15.5. The van der Waals surface area contributed by atoms with E-state index >= 15 is 0 Å². The number of nitriles is 1. The van der Waals surface area contributed by atoms with E-state index < -0.39 is 0 Å². The van der Waals surface area contributed by atoms with Crippen LogP contribution in [0, 0.1) is 18.3 Å². The highest BCUT2D eigenvalue weighted by Gasteiger charge is 2.08. The van der Waals surface area contributed by atoms with Gasteiger partial charge in [0.25, 0.3) is 0 Å². The summed E-state index contributed by atoms with van der Waals surface area (Å²) in [5, 5.41) is 10.0. The molecule has 3 aromatic rings. The van der Waals surface area contributed by atoms with E-state index in [-0.39, 0.29) is 0 Å². The van der Waals surface area contributed by atoms with E-state index in [1.807, 2.05) is 37.3 Å². The van der Waals surface area contributed by atoms with Crippen molar-refractivity contribution >= 4 is 34.3 Å². The van der Waals surface area contributed by atoms with Gasteiger partial charge >= 0.3 is 0 Å². The minimum atomic E-state index is 0.492. The Balaban J connectivity index is 2.05. The van der Waals surface area contributed by atoms with Gasteiger partial charge in [0, 0.05) is 5.02 Å². The third kappa shape index (κ3) is 2.81. The first-order valence-electron chi connectivity index (χ1n) is 6.50. The normalized spacial score (nSPS) is 11.6. The molecule has 102 valence electrons. The van der Waals surface area contributed by atoms with E-state index in [2.05, 4.69) is 16.0 Å². The van der Waals surface area contributed by atoms with Crippen molar-refractivity contribution in [1.29, 1.82) is 5.26 Å². The van der Waals surface area contributed by atoms with E-state index in [0.717, 1.165) is 22.2 Å². The minimum absolute atomic E-state index is 0.492. The molecule has 0 aliphatic rings. The first kappa shape index (κ1) is 13.4. The van der Waals surface area contributed by atoms with Crippen LogP contribution in [0.4, 0.5) is 0 Å². The molecule has 0 fully saturated rings. The third-order valence-electron chi connectivity index (χ3n) is 3.19. The van der Waals surface area contributed by atoms with Crippen LogP contribution >= 0.6 is 11.6 Å². The SMILES string of the molecule is Cc1ccc2nc(C(C#N)=Cc3ccc(Cl)cc3)[nH]c2c1. The fourth-order valence-electron chi connectivity index (χ4n) is 2.13. The molecule has 2 aromatic carbocycles. The Hall–Kier alpha value is -2.57. The topological polar surface area (TPSA) is 52.5 Å². The van der Waals surface area contributed by atoms with Crippen LogP contribution in [0.5, 0.6) is 0 Å². The van der Waals surface area contributed by atoms with Crippen molar-refractivity contribution in [2.45, 2.75) is 6.92 Å². The van der Waals surface area contributed by atoms with Crippen molar-refractivity contribution in [3.8, 4) is 6.07 Å². The standard InChI is InChI=1S/C17H12ClN3/c1-11-2-7-15-16(8-11)21-17(20-15)13(10-19)9-12-3-5-14(18)6-4-12/h2-9H,1H3,(H,20,21). The lowest BCUT2D eigenvalue weighted by molar-refractivity contribution is 1.27. The number of hydrogen-bond donors (Lipinski definition) is 1. The maximum Gasteiger partial charge on any atom is 0.149 e. The van der Waals surface area contributed by atoms with Gasteiger partial charge in [-0.1, -0.05) is 29.8 Å². The first-order chi connectivity index (χ1) is 10.2. The van der Waals surface area contributed by atoms with Gasteiger partial charge in [-0.25, -0.2) is 4.98 Å². The number of fused-ring (bicyclic) bond motifs is 1. The lowest BCUT2D eigenvalue weighted by atomic mass is 10.1. The Bertz CT molecular complexity index is 867. The van der Waals surface area contributed by atoms with Gasteiger partial charge in [-0.2, -0.15) is 5.26 Å². The van der Waals surface area contributed by atoms with Gasteiger partial charge in [-0.15, -0.1) is 0 Å². The summed E-state index contributed by atoms with van der Waals surface area (Å²) < 4.78 is 0. The largest absolute Gasteiger partial charge is 0.337 e. The van der Waals surface area contributed by atoms with Gasteiger partial charge in [-0.05, 0) is 48.4 Å². The smallest absolute Gasteiger partial charge is 0.149 e. The zero-order valence-corrected chi connectivity index (χ0v) is 12.1. The molecule has 3 rings (SSSR count). The van der Waals surface area contributed by atoms with Crippen LogP contribution < -0.4 is 0 Å². The second-order valence-corrected chi connectivity index (χ2v) is 5.26. The fourth-order valence-corrected chi connectivity index (χ4v) is 2.26. The van der Waals surface area contributed by atoms with Gasteiger partial charge in [0.15, 0.2) is 0 Å². The molecule has 0 amide bonds. The molecule has 0 aliphatic heterocycles. The highest BCUT2D eigenvalue weighted by atomic mass is 35.5. The Morgan fingerprint density at radius 2 is 2.00 bits per heavy atom. The zero-order chi connectivity index (χ0) is 14.8. The van der Waals surface area contributed by atoms with Crippen LogP contribution in [0.1, 0.15) is 17.0 Å². The number of nitrogens with zero attached hydrogens (tertiary/aromatic N) is 2. The number of imidazole rings is 1. The maximum absolute atomic E-state index is 9.37. The molecule has 0 aliphatic carbocycles. The second kappa shape index (κ2) is 5.43. The lowest BCUT2D eigenvalue weighted by Gasteiger charge is -1.96. The van der Waals surface area contributed by atoms with Gasteiger partial charge in [-0.3, -0.25) is 0 Å². The maximum atomic E-state index is 9.37. The molecule has 1 heterocycles. The Kier molecular flexibility index (Phi) is 3.47. The van der Waals surface area contributed by atoms with Crippen molar-refractivity contribution < 1.29 is 0 Å². The predicted octanol–water partition coefficient (Wildman–Crippen LogP) is 4.59. The number of nitrogens with one attached hydrogen (secondary N) is 1. The van der Waals surface area contributed by atoms with Crippen LogP contribution in [-0.2, 0) is 0 Å². The number of aromatic amines is 1. The molecule has 1 N–H and O–H groups in total. The Morgan fingerprint density at radius 1 is 1.24 bits per heavy atom. The van der Waals surface area contributed by atoms with Crippen LogP contribution in [0.25, 0.3) is 22.7 Å². The number of allylic oxidation sites excluding steroid dienone is 1. The number of benzene rings is 2. The van der Waals surface area contributed by atoms with Crippen molar-refractivity contribution in [3.63, 3.8) is 0 Å². The van der Waals surface area contributed by atoms with E-state index in [0.29, 0.717) is 16.4 Å². The van der Waals surface area contributed by atoms with Gasteiger partial charge in [0.1, 0.15) is 11.9 Å². The van der Waals surface area contributed by atoms with Crippen LogP contribution in [0.3, 0.4) is 0 Å². The number of aryl methyl sites for hydroxylation is 1. The minimum Gasteiger partial charge on any atom is -0.337 e. The Morgan fingerprint density at radius 3 is 2.71 bits per heavy atom. The molecule has 4 heteroatoms. The van der Waals surface area contributed by atoms with E-state index in [4.69, 9.17) is 11.6 Å². The molecule has 1 aromatic heterocycles. The number of halogens is 1.